The van der Waals surface area contributed by atoms with Gasteiger partial charge >= 0.3 is 0 Å². The lowest BCUT2D eigenvalue weighted by molar-refractivity contribution is -0.115. The van der Waals surface area contributed by atoms with Crippen LogP contribution in [0, 0.1) is 11.3 Å². The molecule has 2 N–H and O–H groups in total. The largest absolute Gasteiger partial charge is 0.394 e. The number of nitrogens with one attached hydrogen (secondary N) is 1. The van der Waals surface area contributed by atoms with Crippen molar-refractivity contribution in [1.82, 2.24) is 9.78 Å². The summed E-state index contributed by atoms with van der Waals surface area (Å²) >= 11 is 0. The van der Waals surface area contributed by atoms with E-state index in [9.17, 15) is 4.79 Å². The minimum atomic E-state index is -0.189. The first-order chi connectivity index (χ1) is 7.22. The van der Waals surface area contributed by atoms with E-state index in [1.54, 1.807) is 6.92 Å². The van der Waals surface area contributed by atoms with Crippen molar-refractivity contribution in [2.45, 2.75) is 19.9 Å². The summed E-state index contributed by atoms with van der Waals surface area (Å²) in [7, 11) is 0. The molecule has 0 saturated heterocycles. The van der Waals surface area contributed by atoms with Crippen LogP contribution in [0.2, 0.25) is 0 Å². The second-order valence-corrected chi connectivity index (χ2v) is 2.87. The molecule has 0 bridgehead atoms. The summed E-state index contributed by atoms with van der Waals surface area (Å²) in [5.41, 5.74) is 0.297. The van der Waals surface area contributed by atoms with Gasteiger partial charge in [0.05, 0.1) is 19.3 Å². The molecule has 0 fully saturated rings. The summed E-state index contributed by atoms with van der Waals surface area (Å²) in [5, 5.41) is 24.0. The van der Waals surface area contributed by atoms with Crippen molar-refractivity contribution in [2.75, 3.05) is 11.9 Å². The van der Waals surface area contributed by atoms with E-state index in [0.29, 0.717) is 17.8 Å². The maximum Gasteiger partial charge on any atom is 0.225 e. The van der Waals surface area contributed by atoms with E-state index in [2.05, 4.69) is 10.4 Å². The Morgan fingerprint density at radius 2 is 2.53 bits per heavy atom. The molecule has 0 saturated carbocycles. The van der Waals surface area contributed by atoms with E-state index in [1.165, 1.54) is 10.9 Å². The van der Waals surface area contributed by atoms with Crippen LogP contribution in [0.5, 0.6) is 0 Å². The molecule has 80 valence electrons. The van der Waals surface area contributed by atoms with Crippen molar-refractivity contribution in [3.63, 3.8) is 0 Å². The van der Waals surface area contributed by atoms with Crippen molar-refractivity contribution in [1.29, 1.82) is 5.26 Å². The third kappa shape index (κ3) is 2.54. The first kappa shape index (κ1) is 11.2. The van der Waals surface area contributed by atoms with Crippen LogP contribution in [0.25, 0.3) is 0 Å². The van der Waals surface area contributed by atoms with Crippen LogP contribution >= 0.6 is 0 Å². The number of rotatable bonds is 4. The molecule has 0 spiro atoms. The van der Waals surface area contributed by atoms with Gasteiger partial charge in [0.25, 0.3) is 0 Å². The van der Waals surface area contributed by atoms with Gasteiger partial charge in [-0.3, -0.25) is 4.79 Å². The Kier molecular flexibility index (Phi) is 3.83. The van der Waals surface area contributed by atoms with Crippen LogP contribution in [0.1, 0.15) is 18.9 Å². The molecule has 6 heteroatoms. The van der Waals surface area contributed by atoms with Gasteiger partial charge in [-0.2, -0.15) is 10.4 Å². The Labute approximate surface area is 87.1 Å². The van der Waals surface area contributed by atoms with Gasteiger partial charge in [0.2, 0.25) is 5.91 Å². The van der Waals surface area contributed by atoms with E-state index < -0.39 is 0 Å². The van der Waals surface area contributed by atoms with Crippen LogP contribution in [0.4, 0.5) is 5.82 Å². The molecule has 6 nitrogen and oxygen atoms in total. The third-order valence-electron chi connectivity index (χ3n) is 1.85. The Hall–Kier alpha value is -1.87. The number of aliphatic hydroxyl groups excluding tert-OH is 1. The monoisotopic (exact) mass is 208 g/mol. The highest BCUT2D eigenvalue weighted by Crippen LogP contribution is 2.13. The van der Waals surface area contributed by atoms with Crippen molar-refractivity contribution in [2.24, 2.45) is 0 Å². The second kappa shape index (κ2) is 5.12. The molecule has 1 aromatic heterocycles. The summed E-state index contributed by atoms with van der Waals surface area (Å²) in [6.07, 6.45) is 1.69. The smallest absolute Gasteiger partial charge is 0.225 e. The maximum atomic E-state index is 11.2. The molecule has 1 rings (SSSR count). The molecule has 1 heterocycles. The summed E-state index contributed by atoms with van der Waals surface area (Å²) in [5.74, 6) is 0.157. The Morgan fingerprint density at radius 1 is 1.80 bits per heavy atom. The molecule has 0 aliphatic heterocycles. The van der Waals surface area contributed by atoms with E-state index in [1.807, 2.05) is 6.07 Å². The Balaban J connectivity index is 2.95. The van der Waals surface area contributed by atoms with Crippen LogP contribution in [-0.2, 0) is 11.3 Å². The average molecular weight is 208 g/mol. The third-order valence-corrected chi connectivity index (χ3v) is 1.85. The molecule has 1 aromatic rings. The molecule has 15 heavy (non-hydrogen) atoms. The predicted molar refractivity (Wildman–Crippen MR) is 52.9 cm³/mol. The molecule has 1 amide bonds. The molecule has 0 unspecified atom stereocenters. The van der Waals surface area contributed by atoms with Gasteiger partial charge in [0.15, 0.2) is 0 Å². The van der Waals surface area contributed by atoms with Gasteiger partial charge in [0.1, 0.15) is 17.5 Å². The zero-order valence-corrected chi connectivity index (χ0v) is 8.40. The van der Waals surface area contributed by atoms with Gasteiger partial charge in [-0.1, -0.05) is 6.92 Å². The highest BCUT2D eigenvalue weighted by atomic mass is 16.3. The number of aliphatic hydroxyl groups is 1. The van der Waals surface area contributed by atoms with Gasteiger partial charge < -0.3 is 10.4 Å². The fourth-order valence-electron chi connectivity index (χ4n) is 1.08. The summed E-state index contributed by atoms with van der Waals surface area (Å²) < 4.78 is 1.39. The fraction of sp³-hybridized carbons (Fsp3) is 0.444. The first-order valence-electron chi connectivity index (χ1n) is 4.59. The van der Waals surface area contributed by atoms with E-state index in [-0.39, 0.29) is 19.1 Å². The average Bonchev–Trinajstić information content (AvgIpc) is 2.61. The SMILES string of the molecule is CCC(=O)Nc1c(C#N)cnn1CCO. The highest BCUT2D eigenvalue weighted by molar-refractivity contribution is 5.90. The standard InChI is InChI=1S/C9H12N4O2/c1-2-8(15)12-9-7(5-10)6-11-13(9)3-4-14/h6,14H,2-4H2,1H3,(H,12,15). The predicted octanol–water partition coefficient (Wildman–Crippen LogP) is 0.0956. The van der Waals surface area contributed by atoms with Crippen LogP contribution in [-0.4, -0.2) is 27.4 Å². The van der Waals surface area contributed by atoms with Gasteiger partial charge in [-0.25, -0.2) is 4.68 Å². The van der Waals surface area contributed by atoms with Crippen LogP contribution < -0.4 is 5.32 Å². The maximum absolute atomic E-state index is 11.2. The van der Waals surface area contributed by atoms with Gasteiger partial charge in [-0.15, -0.1) is 0 Å². The zero-order chi connectivity index (χ0) is 11.3. The lowest BCUT2D eigenvalue weighted by Gasteiger charge is -2.06. The number of amides is 1. The molecular weight excluding hydrogens is 196 g/mol. The number of nitriles is 1. The van der Waals surface area contributed by atoms with Crippen LogP contribution in [0.3, 0.4) is 0 Å². The molecule has 0 aliphatic rings. The van der Waals surface area contributed by atoms with E-state index >= 15 is 0 Å². The number of nitrogens with zero attached hydrogens (tertiary/aromatic N) is 3. The highest BCUT2D eigenvalue weighted by Gasteiger charge is 2.11. The number of hydrogen-bond donors (Lipinski definition) is 2. The minimum absolute atomic E-state index is 0.0957. The van der Waals surface area contributed by atoms with Crippen molar-refractivity contribution < 1.29 is 9.90 Å². The van der Waals surface area contributed by atoms with Crippen molar-refractivity contribution >= 4 is 11.7 Å². The molecular formula is C9H12N4O2. The fourth-order valence-corrected chi connectivity index (χ4v) is 1.08. The number of carbonyl (C=O) groups excluding carboxylic acids is 1. The topological polar surface area (TPSA) is 90.9 Å². The van der Waals surface area contributed by atoms with E-state index in [0.717, 1.165) is 0 Å². The number of hydrogen-bond acceptors (Lipinski definition) is 4. The van der Waals surface area contributed by atoms with Crippen LogP contribution in [0.15, 0.2) is 6.20 Å². The molecule has 0 atom stereocenters. The lowest BCUT2D eigenvalue weighted by Crippen LogP contribution is -2.16. The Morgan fingerprint density at radius 3 is 3.07 bits per heavy atom. The summed E-state index contributed by atoms with van der Waals surface area (Å²) in [6, 6.07) is 1.92. The first-order valence-corrected chi connectivity index (χ1v) is 4.59. The van der Waals surface area contributed by atoms with Crippen molar-refractivity contribution in [3.8, 4) is 6.07 Å². The summed E-state index contributed by atoms with van der Waals surface area (Å²) in [6.45, 7) is 1.87. The van der Waals surface area contributed by atoms with Crippen molar-refractivity contribution in [3.05, 3.63) is 11.8 Å². The lowest BCUT2D eigenvalue weighted by atomic mass is 10.3. The Bertz CT molecular complexity index is 391. The number of anilines is 1. The van der Waals surface area contributed by atoms with Gasteiger partial charge in [-0.05, 0) is 0 Å². The van der Waals surface area contributed by atoms with E-state index in [4.69, 9.17) is 10.4 Å². The van der Waals surface area contributed by atoms with Gasteiger partial charge in [0, 0.05) is 6.42 Å². The molecule has 0 aromatic carbocycles. The normalized spacial score (nSPS) is 9.67. The summed E-state index contributed by atoms with van der Waals surface area (Å²) in [4.78, 5) is 11.2. The zero-order valence-electron chi connectivity index (χ0n) is 8.40. The minimum Gasteiger partial charge on any atom is -0.394 e. The number of aromatic nitrogens is 2. The molecule has 0 radical (unpaired) electrons. The second-order valence-electron chi connectivity index (χ2n) is 2.87. The molecule has 0 aliphatic carbocycles. The quantitative estimate of drug-likeness (QED) is 0.733. The number of carbonyl (C=O) groups is 1.